The summed E-state index contributed by atoms with van der Waals surface area (Å²) < 4.78 is 25.0. The van der Waals surface area contributed by atoms with Crippen LogP contribution in [0.15, 0.2) is 42.5 Å². The predicted molar refractivity (Wildman–Crippen MR) is 84.5 cm³/mol. The minimum absolute atomic E-state index is 0.115. The molecular weight excluding hydrogens is 321 g/mol. The second kappa shape index (κ2) is 6.87. The summed E-state index contributed by atoms with van der Waals surface area (Å²) in [6.45, 7) is 0.622. The van der Waals surface area contributed by atoms with Crippen LogP contribution in [0, 0.1) is 5.82 Å². The highest BCUT2D eigenvalue weighted by Gasteiger charge is 2.21. The number of halogens is 2. The van der Waals surface area contributed by atoms with Gasteiger partial charge in [0, 0.05) is 10.6 Å². The van der Waals surface area contributed by atoms with Gasteiger partial charge in [-0.2, -0.15) is 0 Å². The summed E-state index contributed by atoms with van der Waals surface area (Å²) in [5, 5.41) is 2.96. The van der Waals surface area contributed by atoms with Crippen molar-refractivity contribution in [3.05, 3.63) is 58.9 Å². The second-order valence-corrected chi connectivity index (χ2v) is 5.59. The topological polar surface area (TPSA) is 47.6 Å². The summed E-state index contributed by atoms with van der Waals surface area (Å²) >= 11 is 5.91. The van der Waals surface area contributed by atoms with Gasteiger partial charge in [-0.25, -0.2) is 4.39 Å². The first-order valence-electron chi connectivity index (χ1n) is 7.21. The van der Waals surface area contributed by atoms with Gasteiger partial charge < -0.3 is 14.8 Å². The number of nitrogens with one attached hydrogen (secondary N) is 1. The second-order valence-electron chi connectivity index (χ2n) is 5.18. The van der Waals surface area contributed by atoms with Crippen molar-refractivity contribution >= 4 is 17.5 Å². The first-order valence-corrected chi connectivity index (χ1v) is 7.59. The van der Waals surface area contributed by atoms with E-state index < -0.39 is 5.82 Å². The zero-order valence-corrected chi connectivity index (χ0v) is 13.0. The smallest absolute Gasteiger partial charge is 0.224 e. The third-order valence-electron chi connectivity index (χ3n) is 3.49. The molecule has 0 saturated heterocycles. The van der Waals surface area contributed by atoms with E-state index in [1.807, 2.05) is 24.3 Å². The van der Waals surface area contributed by atoms with Gasteiger partial charge in [-0.15, -0.1) is 0 Å². The van der Waals surface area contributed by atoms with Crippen LogP contribution in [0.25, 0.3) is 0 Å². The van der Waals surface area contributed by atoms with Crippen LogP contribution in [0.2, 0.25) is 5.02 Å². The Kier molecular flexibility index (Phi) is 4.67. The van der Waals surface area contributed by atoms with E-state index in [1.165, 1.54) is 12.1 Å². The van der Waals surface area contributed by atoms with Crippen LogP contribution in [0.1, 0.15) is 5.56 Å². The third kappa shape index (κ3) is 3.74. The van der Waals surface area contributed by atoms with Crippen LogP contribution in [0.3, 0.4) is 0 Å². The van der Waals surface area contributed by atoms with Crippen molar-refractivity contribution < 1.29 is 18.7 Å². The molecule has 0 unspecified atom stereocenters. The standard InChI is InChI=1S/C17H15ClFNO3/c18-13-4-3-5-14(19)12(13)8-17(21)20-9-11-10-22-15-6-1-2-7-16(15)23-11/h1-7,11H,8-10H2,(H,20,21)/t11-/m1/s1. The zero-order valence-electron chi connectivity index (χ0n) is 12.2. The Bertz CT molecular complexity index is 702. The summed E-state index contributed by atoms with van der Waals surface area (Å²) in [6.07, 6.45) is -0.402. The van der Waals surface area contributed by atoms with Gasteiger partial charge in [-0.05, 0) is 24.3 Å². The van der Waals surface area contributed by atoms with Gasteiger partial charge in [0.1, 0.15) is 18.5 Å². The van der Waals surface area contributed by atoms with Crippen LogP contribution in [-0.4, -0.2) is 25.2 Å². The fourth-order valence-corrected chi connectivity index (χ4v) is 2.55. The lowest BCUT2D eigenvalue weighted by atomic mass is 10.1. The van der Waals surface area contributed by atoms with Crippen molar-refractivity contribution in [1.82, 2.24) is 5.32 Å². The van der Waals surface area contributed by atoms with E-state index >= 15 is 0 Å². The van der Waals surface area contributed by atoms with Gasteiger partial charge in [0.05, 0.1) is 13.0 Å². The molecular formula is C17H15ClFNO3. The predicted octanol–water partition coefficient (Wildman–Crippen LogP) is 2.98. The average molecular weight is 336 g/mol. The largest absolute Gasteiger partial charge is 0.486 e. The Labute approximate surface area is 138 Å². The highest BCUT2D eigenvalue weighted by Crippen LogP contribution is 2.30. The van der Waals surface area contributed by atoms with Gasteiger partial charge in [0.15, 0.2) is 11.5 Å². The van der Waals surface area contributed by atoms with Crippen molar-refractivity contribution in [2.75, 3.05) is 13.2 Å². The molecule has 0 aromatic heterocycles. The van der Waals surface area contributed by atoms with E-state index in [0.717, 1.165) is 0 Å². The maximum atomic E-state index is 13.7. The molecule has 1 heterocycles. The molecule has 1 amide bonds. The molecule has 0 bridgehead atoms. The van der Waals surface area contributed by atoms with Crippen LogP contribution in [0.5, 0.6) is 11.5 Å². The first kappa shape index (κ1) is 15.6. The van der Waals surface area contributed by atoms with Gasteiger partial charge in [0.25, 0.3) is 0 Å². The number of ether oxygens (including phenoxy) is 2. The summed E-state index contributed by atoms with van der Waals surface area (Å²) in [4.78, 5) is 12.0. The number of hydrogen-bond donors (Lipinski definition) is 1. The highest BCUT2D eigenvalue weighted by molar-refractivity contribution is 6.31. The Morgan fingerprint density at radius 2 is 2.00 bits per heavy atom. The molecule has 120 valence electrons. The first-order chi connectivity index (χ1) is 11.1. The SMILES string of the molecule is O=C(Cc1c(F)cccc1Cl)NC[C@@H]1COc2ccccc2O1. The van der Waals surface area contributed by atoms with E-state index in [-0.39, 0.29) is 35.6 Å². The molecule has 3 rings (SSSR count). The van der Waals surface area contributed by atoms with Crippen LogP contribution >= 0.6 is 11.6 Å². The lowest BCUT2D eigenvalue weighted by Gasteiger charge is -2.26. The van der Waals surface area contributed by atoms with Gasteiger partial charge in [-0.1, -0.05) is 29.8 Å². The Hall–Kier alpha value is -2.27. The number of carbonyl (C=O) groups excluding carboxylic acids is 1. The molecule has 2 aromatic carbocycles. The Morgan fingerprint density at radius 1 is 1.22 bits per heavy atom. The monoisotopic (exact) mass is 335 g/mol. The maximum Gasteiger partial charge on any atom is 0.224 e. The van der Waals surface area contributed by atoms with Crippen molar-refractivity contribution in [3.8, 4) is 11.5 Å². The van der Waals surface area contributed by atoms with Gasteiger partial charge in [0.2, 0.25) is 5.91 Å². The van der Waals surface area contributed by atoms with E-state index in [4.69, 9.17) is 21.1 Å². The average Bonchev–Trinajstić information content (AvgIpc) is 2.56. The molecule has 2 aromatic rings. The van der Waals surface area contributed by atoms with Crippen molar-refractivity contribution in [2.24, 2.45) is 0 Å². The van der Waals surface area contributed by atoms with Crippen molar-refractivity contribution in [1.29, 1.82) is 0 Å². The molecule has 6 heteroatoms. The van der Waals surface area contributed by atoms with Crippen molar-refractivity contribution in [2.45, 2.75) is 12.5 Å². The van der Waals surface area contributed by atoms with E-state index in [0.29, 0.717) is 18.1 Å². The highest BCUT2D eigenvalue weighted by atomic mass is 35.5. The molecule has 0 spiro atoms. The zero-order chi connectivity index (χ0) is 16.2. The maximum absolute atomic E-state index is 13.7. The van der Waals surface area contributed by atoms with Crippen molar-refractivity contribution in [3.63, 3.8) is 0 Å². The van der Waals surface area contributed by atoms with E-state index in [2.05, 4.69) is 5.32 Å². The summed E-state index contributed by atoms with van der Waals surface area (Å²) in [7, 11) is 0. The molecule has 0 fully saturated rings. The van der Waals surface area contributed by atoms with E-state index in [1.54, 1.807) is 6.07 Å². The Morgan fingerprint density at radius 3 is 2.78 bits per heavy atom. The Balaban J connectivity index is 1.54. The molecule has 0 aliphatic carbocycles. The van der Waals surface area contributed by atoms with Gasteiger partial charge in [-0.3, -0.25) is 4.79 Å². The minimum Gasteiger partial charge on any atom is -0.486 e. The lowest BCUT2D eigenvalue weighted by Crippen LogP contribution is -2.41. The summed E-state index contributed by atoms with van der Waals surface area (Å²) in [5.41, 5.74) is 0.192. The van der Waals surface area contributed by atoms with Crippen LogP contribution < -0.4 is 14.8 Å². The summed E-state index contributed by atoms with van der Waals surface area (Å²) in [5.74, 6) is 0.529. The molecule has 1 N–H and O–H groups in total. The number of hydrogen-bond acceptors (Lipinski definition) is 3. The molecule has 0 radical (unpaired) electrons. The number of para-hydroxylation sites is 2. The third-order valence-corrected chi connectivity index (χ3v) is 3.85. The fourth-order valence-electron chi connectivity index (χ4n) is 2.32. The number of benzene rings is 2. The quantitative estimate of drug-likeness (QED) is 0.934. The van der Waals surface area contributed by atoms with Crippen LogP contribution in [-0.2, 0) is 11.2 Å². The van der Waals surface area contributed by atoms with Gasteiger partial charge >= 0.3 is 0 Å². The molecule has 1 aliphatic heterocycles. The fraction of sp³-hybridized carbons (Fsp3) is 0.235. The lowest BCUT2D eigenvalue weighted by molar-refractivity contribution is -0.121. The molecule has 1 aliphatic rings. The summed E-state index contributed by atoms with van der Waals surface area (Å²) in [6, 6.07) is 11.7. The number of amides is 1. The number of carbonyl (C=O) groups is 1. The normalized spacial score (nSPS) is 16.0. The molecule has 4 nitrogen and oxygen atoms in total. The van der Waals surface area contributed by atoms with E-state index in [9.17, 15) is 9.18 Å². The molecule has 0 saturated carbocycles. The molecule has 1 atom stereocenters. The number of fused-ring (bicyclic) bond motifs is 1. The minimum atomic E-state index is -0.487. The number of rotatable bonds is 4. The van der Waals surface area contributed by atoms with Crippen LogP contribution in [0.4, 0.5) is 4.39 Å². The molecule has 23 heavy (non-hydrogen) atoms.